The Hall–Kier alpha value is 0.180. The molecule has 1 aromatic heterocycles. The van der Waals surface area contributed by atoms with Crippen molar-refractivity contribution in [1.82, 2.24) is 0 Å². The quantitative estimate of drug-likeness (QED) is 0.654. The standard InChI is InChI=1S/C10H13BrS/c1-7-10(4-5-12-7)8-2-3-9(11)6-8/h4-5,8-9H,2-3,6H2,1H3. The van der Waals surface area contributed by atoms with Gasteiger partial charge in [-0.15, -0.1) is 11.3 Å². The van der Waals surface area contributed by atoms with Crippen LogP contribution in [0, 0.1) is 6.92 Å². The molecule has 0 aliphatic heterocycles. The molecule has 0 saturated heterocycles. The lowest BCUT2D eigenvalue weighted by Crippen LogP contribution is -1.93. The largest absolute Gasteiger partial charge is 0.149 e. The van der Waals surface area contributed by atoms with Gasteiger partial charge in [0.05, 0.1) is 0 Å². The Morgan fingerprint density at radius 3 is 2.83 bits per heavy atom. The summed E-state index contributed by atoms with van der Waals surface area (Å²) in [4.78, 5) is 2.28. The predicted molar refractivity (Wildman–Crippen MR) is 58.4 cm³/mol. The summed E-state index contributed by atoms with van der Waals surface area (Å²) in [5.74, 6) is 0.834. The van der Waals surface area contributed by atoms with E-state index in [1.54, 1.807) is 5.56 Å². The van der Waals surface area contributed by atoms with Gasteiger partial charge in [0, 0.05) is 9.70 Å². The van der Waals surface area contributed by atoms with Crippen LogP contribution in [0.3, 0.4) is 0 Å². The van der Waals surface area contributed by atoms with Crippen molar-refractivity contribution in [3.8, 4) is 0 Å². The van der Waals surface area contributed by atoms with Gasteiger partial charge in [-0.3, -0.25) is 0 Å². The second-order valence-corrected chi connectivity index (χ2v) is 5.95. The van der Waals surface area contributed by atoms with E-state index in [2.05, 4.69) is 34.3 Å². The molecule has 0 amide bonds. The molecule has 0 N–H and O–H groups in total. The van der Waals surface area contributed by atoms with E-state index in [1.807, 2.05) is 11.3 Å². The third kappa shape index (κ3) is 1.60. The molecule has 12 heavy (non-hydrogen) atoms. The van der Waals surface area contributed by atoms with Crippen LogP contribution in [0.15, 0.2) is 11.4 Å². The summed E-state index contributed by atoms with van der Waals surface area (Å²) >= 11 is 5.57. The van der Waals surface area contributed by atoms with E-state index in [0.29, 0.717) is 0 Å². The van der Waals surface area contributed by atoms with Crippen LogP contribution in [-0.4, -0.2) is 4.83 Å². The highest BCUT2D eigenvalue weighted by atomic mass is 79.9. The molecule has 1 fully saturated rings. The molecule has 1 heterocycles. The third-order valence-corrected chi connectivity index (χ3v) is 4.40. The van der Waals surface area contributed by atoms with E-state index in [1.165, 1.54) is 24.1 Å². The predicted octanol–water partition coefficient (Wildman–Crippen LogP) is 4.09. The van der Waals surface area contributed by atoms with Gasteiger partial charge in [-0.05, 0) is 49.1 Å². The Labute approximate surface area is 86.1 Å². The summed E-state index contributed by atoms with van der Waals surface area (Å²) in [5, 5.41) is 2.21. The van der Waals surface area contributed by atoms with Gasteiger partial charge in [0.2, 0.25) is 0 Å². The molecule has 1 saturated carbocycles. The SMILES string of the molecule is Cc1sccc1C1CCC(Br)C1. The molecule has 0 aromatic carbocycles. The van der Waals surface area contributed by atoms with E-state index >= 15 is 0 Å². The van der Waals surface area contributed by atoms with E-state index in [4.69, 9.17) is 0 Å². The Bertz CT molecular complexity index is 267. The van der Waals surface area contributed by atoms with Crippen molar-refractivity contribution in [3.05, 3.63) is 21.9 Å². The van der Waals surface area contributed by atoms with Crippen LogP contribution >= 0.6 is 27.3 Å². The van der Waals surface area contributed by atoms with Gasteiger partial charge in [0.1, 0.15) is 0 Å². The molecular weight excluding hydrogens is 232 g/mol. The fourth-order valence-electron chi connectivity index (χ4n) is 2.03. The second-order valence-electron chi connectivity index (χ2n) is 3.54. The molecule has 0 bridgehead atoms. The summed E-state index contributed by atoms with van der Waals surface area (Å²) in [5.41, 5.74) is 1.60. The minimum absolute atomic E-state index is 0.766. The summed E-state index contributed by atoms with van der Waals surface area (Å²) in [6.07, 6.45) is 4.05. The van der Waals surface area contributed by atoms with E-state index in [9.17, 15) is 0 Å². The fraction of sp³-hybridized carbons (Fsp3) is 0.600. The van der Waals surface area contributed by atoms with E-state index in [-0.39, 0.29) is 0 Å². The Morgan fingerprint density at radius 1 is 1.50 bits per heavy atom. The molecule has 2 heteroatoms. The number of hydrogen-bond acceptors (Lipinski definition) is 1. The Kier molecular flexibility index (Phi) is 2.56. The van der Waals surface area contributed by atoms with Crippen molar-refractivity contribution in [2.45, 2.75) is 36.9 Å². The number of thiophene rings is 1. The lowest BCUT2D eigenvalue weighted by Gasteiger charge is -2.07. The molecular formula is C10H13BrS. The van der Waals surface area contributed by atoms with Gasteiger partial charge in [-0.2, -0.15) is 0 Å². The highest BCUT2D eigenvalue weighted by Crippen LogP contribution is 2.40. The molecule has 1 aromatic rings. The minimum atomic E-state index is 0.766. The monoisotopic (exact) mass is 244 g/mol. The number of rotatable bonds is 1. The zero-order chi connectivity index (χ0) is 8.55. The first-order valence-electron chi connectivity index (χ1n) is 4.45. The molecule has 2 rings (SSSR count). The van der Waals surface area contributed by atoms with Crippen LogP contribution in [0.5, 0.6) is 0 Å². The lowest BCUT2D eigenvalue weighted by molar-refractivity contribution is 0.724. The van der Waals surface area contributed by atoms with Crippen molar-refractivity contribution in [2.24, 2.45) is 0 Å². The zero-order valence-electron chi connectivity index (χ0n) is 7.22. The first-order valence-corrected chi connectivity index (χ1v) is 6.25. The van der Waals surface area contributed by atoms with Crippen molar-refractivity contribution in [1.29, 1.82) is 0 Å². The Morgan fingerprint density at radius 2 is 2.33 bits per heavy atom. The molecule has 1 aliphatic carbocycles. The van der Waals surface area contributed by atoms with Gasteiger partial charge in [0.15, 0.2) is 0 Å². The maximum atomic E-state index is 3.69. The summed E-state index contributed by atoms with van der Waals surface area (Å²) in [7, 11) is 0. The number of alkyl halides is 1. The van der Waals surface area contributed by atoms with Gasteiger partial charge in [-0.1, -0.05) is 15.9 Å². The lowest BCUT2D eigenvalue weighted by atomic mass is 9.99. The maximum absolute atomic E-state index is 3.69. The van der Waals surface area contributed by atoms with Gasteiger partial charge >= 0.3 is 0 Å². The Balaban J connectivity index is 2.16. The summed E-state index contributed by atoms with van der Waals surface area (Å²) < 4.78 is 0. The average Bonchev–Trinajstić information content (AvgIpc) is 2.58. The summed E-state index contributed by atoms with van der Waals surface area (Å²) in [6, 6.07) is 2.30. The molecule has 0 spiro atoms. The zero-order valence-corrected chi connectivity index (χ0v) is 9.62. The number of hydrogen-bond donors (Lipinski definition) is 0. The van der Waals surface area contributed by atoms with Crippen LogP contribution < -0.4 is 0 Å². The van der Waals surface area contributed by atoms with Gasteiger partial charge in [-0.25, -0.2) is 0 Å². The normalized spacial score (nSPS) is 29.5. The van der Waals surface area contributed by atoms with Crippen LogP contribution in [0.25, 0.3) is 0 Å². The molecule has 66 valence electrons. The first kappa shape index (κ1) is 8.76. The molecule has 0 nitrogen and oxygen atoms in total. The number of halogens is 1. The van der Waals surface area contributed by atoms with Crippen molar-refractivity contribution >= 4 is 27.3 Å². The molecule has 2 unspecified atom stereocenters. The van der Waals surface area contributed by atoms with Gasteiger partial charge in [0.25, 0.3) is 0 Å². The van der Waals surface area contributed by atoms with Gasteiger partial charge < -0.3 is 0 Å². The van der Waals surface area contributed by atoms with E-state index < -0.39 is 0 Å². The topological polar surface area (TPSA) is 0 Å². The molecule has 0 radical (unpaired) electrons. The van der Waals surface area contributed by atoms with E-state index in [0.717, 1.165) is 10.7 Å². The fourth-order valence-corrected chi connectivity index (χ4v) is 3.53. The smallest absolute Gasteiger partial charge is 0.0151 e. The second kappa shape index (κ2) is 3.51. The average molecular weight is 245 g/mol. The van der Waals surface area contributed by atoms with Crippen molar-refractivity contribution < 1.29 is 0 Å². The molecule has 1 aliphatic rings. The minimum Gasteiger partial charge on any atom is -0.149 e. The molecule has 2 atom stereocenters. The van der Waals surface area contributed by atoms with Crippen LogP contribution in [0.1, 0.15) is 35.6 Å². The first-order chi connectivity index (χ1) is 5.77. The highest BCUT2D eigenvalue weighted by molar-refractivity contribution is 9.09. The van der Waals surface area contributed by atoms with Crippen LogP contribution in [0.4, 0.5) is 0 Å². The van der Waals surface area contributed by atoms with Crippen LogP contribution in [0.2, 0.25) is 0 Å². The third-order valence-electron chi connectivity index (χ3n) is 2.71. The highest BCUT2D eigenvalue weighted by Gasteiger charge is 2.25. The van der Waals surface area contributed by atoms with Crippen LogP contribution in [-0.2, 0) is 0 Å². The maximum Gasteiger partial charge on any atom is 0.0151 e. The number of aryl methyl sites for hydroxylation is 1. The van der Waals surface area contributed by atoms with Crippen molar-refractivity contribution in [3.63, 3.8) is 0 Å². The summed E-state index contributed by atoms with van der Waals surface area (Å²) in [6.45, 7) is 2.24. The van der Waals surface area contributed by atoms with Crippen molar-refractivity contribution in [2.75, 3.05) is 0 Å².